The molecular weight excluding hydrogens is 384 g/mol. The number of aryl methyl sites for hydroxylation is 2. The van der Waals surface area contributed by atoms with Gasteiger partial charge in [0, 0.05) is 36.7 Å². The van der Waals surface area contributed by atoms with E-state index < -0.39 is 5.91 Å². The number of carbonyl (C=O) groups excluding carboxylic acids is 2. The van der Waals surface area contributed by atoms with E-state index >= 15 is 0 Å². The number of fused-ring (bicyclic) bond motifs is 1. The van der Waals surface area contributed by atoms with Crippen molar-refractivity contribution >= 4 is 33.8 Å². The molecule has 3 N–H and O–H groups in total. The number of hydrogen-bond donors (Lipinski definition) is 2. The Hall–Kier alpha value is -2.38. The molecule has 0 saturated carbocycles. The minimum absolute atomic E-state index is 0.0763. The zero-order valence-corrected chi connectivity index (χ0v) is 17.9. The fourth-order valence-corrected chi connectivity index (χ4v) is 5.66. The molecule has 0 atom stereocenters. The fourth-order valence-electron chi connectivity index (χ4n) is 4.35. The second-order valence-electron chi connectivity index (χ2n) is 7.96. The average molecular weight is 413 g/mol. The van der Waals surface area contributed by atoms with Gasteiger partial charge in [-0.15, -0.1) is 11.3 Å². The van der Waals surface area contributed by atoms with Crippen molar-refractivity contribution in [2.24, 2.45) is 5.73 Å². The van der Waals surface area contributed by atoms with Crippen molar-refractivity contribution in [3.8, 4) is 0 Å². The van der Waals surface area contributed by atoms with Crippen LogP contribution in [0.15, 0.2) is 18.2 Å². The van der Waals surface area contributed by atoms with Crippen molar-refractivity contribution in [1.29, 1.82) is 0 Å². The van der Waals surface area contributed by atoms with Crippen LogP contribution in [-0.2, 0) is 17.6 Å². The van der Waals surface area contributed by atoms with Crippen molar-refractivity contribution in [2.45, 2.75) is 33.1 Å². The quantitative estimate of drug-likeness (QED) is 0.792. The number of nitrogens with two attached hydrogens (primary N) is 1. The first-order valence-corrected chi connectivity index (χ1v) is 11.0. The molecule has 2 aliphatic rings. The van der Waals surface area contributed by atoms with Gasteiger partial charge in [0.25, 0.3) is 5.91 Å². The maximum atomic E-state index is 12.6. The van der Waals surface area contributed by atoms with Crippen molar-refractivity contribution in [2.75, 3.05) is 42.9 Å². The van der Waals surface area contributed by atoms with E-state index in [1.165, 1.54) is 33.0 Å². The zero-order valence-electron chi connectivity index (χ0n) is 17.1. The topological polar surface area (TPSA) is 78.7 Å². The standard InChI is InChI=1S/C22H28N4O2S/c1-14-5-3-7-17(15(14)2)26-11-9-25(10-12-26)13-19(27)24-22-20(21(23)28)16-6-4-8-18(16)29-22/h3,5,7H,4,6,8-13H2,1-2H3,(H2,23,28)(H,24,27). The molecular formula is C22H28N4O2S. The molecule has 0 unspecified atom stereocenters. The lowest BCUT2D eigenvalue weighted by atomic mass is 10.1. The first-order valence-electron chi connectivity index (χ1n) is 10.2. The molecule has 154 valence electrons. The molecule has 1 fully saturated rings. The summed E-state index contributed by atoms with van der Waals surface area (Å²) in [7, 11) is 0. The second-order valence-corrected chi connectivity index (χ2v) is 9.06. The number of rotatable bonds is 5. The number of carbonyl (C=O) groups is 2. The Kier molecular flexibility index (Phi) is 5.61. The number of nitrogens with zero attached hydrogens (tertiary/aromatic N) is 2. The third kappa shape index (κ3) is 4.02. The van der Waals surface area contributed by atoms with Gasteiger partial charge >= 0.3 is 0 Å². The van der Waals surface area contributed by atoms with Gasteiger partial charge in [-0.05, 0) is 55.9 Å². The van der Waals surface area contributed by atoms with E-state index in [-0.39, 0.29) is 5.91 Å². The Bertz CT molecular complexity index is 945. The molecule has 2 aromatic rings. The predicted octanol–water partition coefficient (Wildman–Crippen LogP) is 2.71. The molecule has 2 amide bonds. The van der Waals surface area contributed by atoms with E-state index in [2.05, 4.69) is 47.2 Å². The third-order valence-corrected chi connectivity index (χ3v) is 7.28. The Labute approximate surface area is 175 Å². The van der Waals surface area contributed by atoms with Crippen molar-refractivity contribution in [1.82, 2.24) is 4.90 Å². The van der Waals surface area contributed by atoms with Crippen LogP contribution in [0.3, 0.4) is 0 Å². The molecule has 29 heavy (non-hydrogen) atoms. The van der Waals surface area contributed by atoms with Crippen molar-refractivity contribution in [3.63, 3.8) is 0 Å². The van der Waals surface area contributed by atoms with Crippen LogP contribution >= 0.6 is 11.3 Å². The van der Waals surface area contributed by atoms with Crippen LogP contribution in [0.25, 0.3) is 0 Å². The van der Waals surface area contributed by atoms with E-state index in [0.29, 0.717) is 17.1 Å². The SMILES string of the molecule is Cc1cccc(N2CCN(CC(=O)Nc3sc4c(c3C(N)=O)CCC4)CC2)c1C. The molecule has 0 radical (unpaired) electrons. The summed E-state index contributed by atoms with van der Waals surface area (Å²) in [4.78, 5) is 30.3. The molecule has 1 aromatic carbocycles. The lowest BCUT2D eigenvalue weighted by Gasteiger charge is -2.36. The van der Waals surface area contributed by atoms with Crippen molar-refractivity contribution < 1.29 is 9.59 Å². The zero-order chi connectivity index (χ0) is 20.5. The highest BCUT2D eigenvalue weighted by molar-refractivity contribution is 7.17. The summed E-state index contributed by atoms with van der Waals surface area (Å²) in [6, 6.07) is 6.42. The molecule has 0 spiro atoms. The normalized spacial score (nSPS) is 16.7. The summed E-state index contributed by atoms with van der Waals surface area (Å²) in [5, 5.41) is 3.58. The summed E-state index contributed by atoms with van der Waals surface area (Å²) < 4.78 is 0. The number of hydrogen-bond acceptors (Lipinski definition) is 5. The van der Waals surface area contributed by atoms with Gasteiger partial charge in [0.1, 0.15) is 5.00 Å². The number of anilines is 2. The largest absolute Gasteiger partial charge is 0.369 e. The van der Waals surface area contributed by atoms with Crippen LogP contribution in [0.2, 0.25) is 0 Å². The molecule has 2 heterocycles. The summed E-state index contributed by atoms with van der Waals surface area (Å²) in [5.74, 6) is -0.519. The molecule has 4 rings (SSSR count). The highest BCUT2D eigenvalue weighted by atomic mass is 32.1. The smallest absolute Gasteiger partial charge is 0.251 e. The fraction of sp³-hybridized carbons (Fsp3) is 0.455. The van der Waals surface area contributed by atoms with Gasteiger partial charge in [-0.1, -0.05) is 12.1 Å². The summed E-state index contributed by atoms with van der Waals surface area (Å²) in [6.07, 6.45) is 2.90. The first kappa shape index (κ1) is 19.9. The monoisotopic (exact) mass is 412 g/mol. The van der Waals surface area contributed by atoms with Gasteiger partial charge in [0.05, 0.1) is 12.1 Å². The van der Waals surface area contributed by atoms with Gasteiger partial charge < -0.3 is 16.0 Å². The molecule has 7 heteroatoms. The number of benzene rings is 1. The van der Waals surface area contributed by atoms with Gasteiger partial charge in [-0.25, -0.2) is 0 Å². The van der Waals surface area contributed by atoms with Crippen LogP contribution in [0.5, 0.6) is 0 Å². The van der Waals surface area contributed by atoms with E-state index in [4.69, 9.17) is 5.73 Å². The van der Waals surface area contributed by atoms with E-state index in [0.717, 1.165) is 51.0 Å². The Morgan fingerprint density at radius 3 is 2.62 bits per heavy atom. The minimum atomic E-state index is -0.443. The summed E-state index contributed by atoms with van der Waals surface area (Å²) >= 11 is 1.51. The van der Waals surface area contributed by atoms with Gasteiger partial charge in [0.2, 0.25) is 5.91 Å². The van der Waals surface area contributed by atoms with Crippen LogP contribution in [0, 0.1) is 13.8 Å². The first-order chi connectivity index (χ1) is 13.9. The van der Waals surface area contributed by atoms with Crippen LogP contribution in [0.1, 0.15) is 38.3 Å². The van der Waals surface area contributed by atoms with E-state index in [1.54, 1.807) is 0 Å². The molecule has 6 nitrogen and oxygen atoms in total. The molecule has 1 saturated heterocycles. The number of nitrogens with one attached hydrogen (secondary N) is 1. The van der Waals surface area contributed by atoms with Crippen LogP contribution < -0.4 is 16.0 Å². The number of piperazine rings is 1. The van der Waals surface area contributed by atoms with Crippen molar-refractivity contribution in [3.05, 3.63) is 45.3 Å². The number of amides is 2. The summed E-state index contributed by atoms with van der Waals surface area (Å²) in [6.45, 7) is 8.12. The minimum Gasteiger partial charge on any atom is -0.369 e. The Morgan fingerprint density at radius 2 is 1.90 bits per heavy atom. The van der Waals surface area contributed by atoms with Crippen LogP contribution in [0.4, 0.5) is 10.7 Å². The maximum absolute atomic E-state index is 12.6. The number of thiophene rings is 1. The number of primary amides is 1. The Balaban J connectivity index is 1.35. The van der Waals surface area contributed by atoms with E-state index in [1.807, 2.05) is 0 Å². The Morgan fingerprint density at radius 1 is 1.14 bits per heavy atom. The molecule has 1 aromatic heterocycles. The summed E-state index contributed by atoms with van der Waals surface area (Å²) in [5.41, 5.74) is 11.1. The third-order valence-electron chi connectivity index (χ3n) is 6.08. The molecule has 0 bridgehead atoms. The lowest BCUT2D eigenvalue weighted by molar-refractivity contribution is -0.117. The van der Waals surface area contributed by atoms with E-state index in [9.17, 15) is 9.59 Å². The van der Waals surface area contributed by atoms with Gasteiger partial charge in [-0.3, -0.25) is 14.5 Å². The lowest BCUT2D eigenvalue weighted by Crippen LogP contribution is -2.48. The predicted molar refractivity (Wildman–Crippen MR) is 118 cm³/mol. The van der Waals surface area contributed by atoms with Crippen LogP contribution in [-0.4, -0.2) is 49.4 Å². The maximum Gasteiger partial charge on any atom is 0.251 e. The highest BCUT2D eigenvalue weighted by Gasteiger charge is 2.27. The average Bonchev–Trinajstić information content (AvgIpc) is 3.25. The molecule has 1 aliphatic heterocycles. The van der Waals surface area contributed by atoms with Gasteiger partial charge in [-0.2, -0.15) is 0 Å². The molecule has 1 aliphatic carbocycles. The highest BCUT2D eigenvalue weighted by Crippen LogP contribution is 2.38. The van der Waals surface area contributed by atoms with Gasteiger partial charge in [0.15, 0.2) is 0 Å². The second kappa shape index (κ2) is 8.16.